The molecule has 4 heteroatoms. The van der Waals surface area contributed by atoms with Crippen molar-refractivity contribution in [2.45, 2.75) is 0 Å². The molecule has 0 fully saturated rings. The maximum absolute atomic E-state index is 11.6. The molecule has 1 aromatic rings. The Labute approximate surface area is 111 Å². The van der Waals surface area contributed by atoms with Crippen LogP contribution < -0.4 is 9.36 Å². The van der Waals surface area contributed by atoms with Gasteiger partial charge in [0.1, 0.15) is 0 Å². The number of hydrogen-bond acceptors (Lipinski definition) is 3. The van der Waals surface area contributed by atoms with Gasteiger partial charge in [0, 0.05) is 0 Å². The van der Waals surface area contributed by atoms with E-state index in [1.54, 1.807) is 6.08 Å². The summed E-state index contributed by atoms with van der Waals surface area (Å²) in [7, 11) is 1.98. The maximum atomic E-state index is 11.6. The Hall–Kier alpha value is -1.77. The minimum atomic E-state index is -0.153. The molecule has 0 atom stereocenters. The first-order valence-corrected chi connectivity index (χ1v) is 7.20. The fourth-order valence-corrected chi connectivity index (χ4v) is 4.28. The normalized spacial score (nSPS) is 20.5. The Bertz CT molecular complexity index is 643. The van der Waals surface area contributed by atoms with Crippen molar-refractivity contribution in [3.8, 4) is 0 Å². The molecular formula is C14H11NO2Se. The first-order chi connectivity index (χ1) is 8.59. The molecule has 1 aromatic carbocycles. The molecular weight excluding hydrogens is 293 g/mol. The zero-order valence-electron chi connectivity index (χ0n) is 9.80. The van der Waals surface area contributed by atoms with E-state index in [1.807, 2.05) is 19.2 Å². The van der Waals surface area contributed by atoms with Gasteiger partial charge in [-0.2, -0.15) is 0 Å². The van der Waals surface area contributed by atoms with Gasteiger partial charge in [-0.1, -0.05) is 0 Å². The molecule has 0 radical (unpaired) electrons. The predicted molar refractivity (Wildman–Crippen MR) is 72.1 cm³/mol. The van der Waals surface area contributed by atoms with Crippen LogP contribution >= 0.6 is 0 Å². The van der Waals surface area contributed by atoms with E-state index in [0.717, 1.165) is 4.60 Å². The SMILES string of the molecule is C=C1C(=O)C(/C=C2\[Se]c3ccccc3N2C)=C1O. The predicted octanol–water partition coefficient (Wildman–Crippen LogP) is 1.26. The Kier molecular flexibility index (Phi) is 2.44. The van der Waals surface area contributed by atoms with Gasteiger partial charge in [-0.25, -0.2) is 0 Å². The molecule has 0 saturated heterocycles. The van der Waals surface area contributed by atoms with Crippen LogP contribution in [0.5, 0.6) is 0 Å². The van der Waals surface area contributed by atoms with Gasteiger partial charge in [-0.3, -0.25) is 0 Å². The summed E-state index contributed by atoms with van der Waals surface area (Å²) in [6, 6.07) is 8.18. The van der Waals surface area contributed by atoms with Crippen molar-refractivity contribution in [3.63, 3.8) is 0 Å². The molecule has 18 heavy (non-hydrogen) atoms. The number of allylic oxidation sites excluding steroid dienone is 3. The van der Waals surface area contributed by atoms with Gasteiger partial charge in [0.2, 0.25) is 0 Å². The van der Waals surface area contributed by atoms with Crippen molar-refractivity contribution in [3.05, 3.63) is 58.4 Å². The summed E-state index contributed by atoms with van der Waals surface area (Å²) in [6.07, 6.45) is 1.78. The van der Waals surface area contributed by atoms with Gasteiger partial charge in [0.15, 0.2) is 0 Å². The van der Waals surface area contributed by atoms with Crippen molar-refractivity contribution >= 4 is 30.9 Å². The van der Waals surface area contributed by atoms with Crippen molar-refractivity contribution in [2.75, 3.05) is 11.9 Å². The Morgan fingerprint density at radius 3 is 2.78 bits per heavy atom. The Morgan fingerprint density at radius 2 is 2.11 bits per heavy atom. The van der Waals surface area contributed by atoms with Gasteiger partial charge in [-0.05, 0) is 0 Å². The number of para-hydroxylation sites is 1. The molecule has 1 aliphatic carbocycles. The van der Waals surface area contributed by atoms with E-state index in [4.69, 9.17) is 0 Å². The third-order valence-electron chi connectivity index (χ3n) is 3.10. The van der Waals surface area contributed by atoms with Crippen LogP contribution in [-0.2, 0) is 4.79 Å². The van der Waals surface area contributed by atoms with Crippen LogP contribution in [0.4, 0.5) is 5.69 Å². The molecule has 1 aliphatic heterocycles. The molecule has 2 aliphatic rings. The topological polar surface area (TPSA) is 40.5 Å². The van der Waals surface area contributed by atoms with Gasteiger partial charge in [0.25, 0.3) is 0 Å². The molecule has 0 unspecified atom stereocenters. The first-order valence-electron chi connectivity index (χ1n) is 5.49. The number of aliphatic hydroxyl groups is 1. The number of rotatable bonds is 1. The molecule has 0 aromatic heterocycles. The van der Waals surface area contributed by atoms with Crippen LogP contribution in [0, 0.1) is 0 Å². The Balaban J connectivity index is 1.99. The number of aliphatic hydroxyl groups excluding tert-OH is 1. The van der Waals surface area contributed by atoms with E-state index in [-0.39, 0.29) is 32.1 Å². The number of nitrogens with zero attached hydrogens (tertiary/aromatic N) is 1. The second-order valence-electron chi connectivity index (χ2n) is 4.18. The van der Waals surface area contributed by atoms with E-state index in [0.29, 0.717) is 5.57 Å². The van der Waals surface area contributed by atoms with Gasteiger partial charge in [0.05, 0.1) is 0 Å². The summed E-state index contributed by atoms with van der Waals surface area (Å²) in [5, 5.41) is 9.61. The third-order valence-corrected chi connectivity index (χ3v) is 5.55. The van der Waals surface area contributed by atoms with E-state index >= 15 is 0 Å². The molecule has 0 bridgehead atoms. The first kappa shape index (κ1) is 11.3. The van der Waals surface area contributed by atoms with Crippen LogP contribution in [0.25, 0.3) is 0 Å². The van der Waals surface area contributed by atoms with Crippen molar-refractivity contribution in [1.82, 2.24) is 0 Å². The van der Waals surface area contributed by atoms with Crippen LogP contribution in [0.2, 0.25) is 0 Å². The number of carbonyl (C=O) groups excluding carboxylic acids is 1. The van der Waals surface area contributed by atoms with Gasteiger partial charge >= 0.3 is 111 Å². The number of ketones is 1. The molecule has 1 heterocycles. The number of carbonyl (C=O) groups is 1. The molecule has 1 N–H and O–H groups in total. The monoisotopic (exact) mass is 305 g/mol. The average Bonchev–Trinajstić information content (AvgIpc) is 2.72. The number of fused-ring (bicyclic) bond motifs is 1. The summed E-state index contributed by atoms with van der Waals surface area (Å²) in [6.45, 7) is 3.51. The Morgan fingerprint density at radius 1 is 1.39 bits per heavy atom. The van der Waals surface area contributed by atoms with Crippen LogP contribution in [0.3, 0.4) is 0 Å². The minimum absolute atomic E-state index is 0.0349. The molecule has 3 nitrogen and oxygen atoms in total. The zero-order chi connectivity index (χ0) is 12.9. The summed E-state index contributed by atoms with van der Waals surface area (Å²) in [5.41, 5.74) is 1.78. The number of anilines is 1. The van der Waals surface area contributed by atoms with Crippen molar-refractivity contribution in [2.24, 2.45) is 0 Å². The molecule has 0 saturated carbocycles. The molecule has 3 rings (SSSR count). The number of Topliss-reactive ketones (excluding diaryl/α,β-unsaturated/α-hetero) is 1. The fourth-order valence-electron chi connectivity index (χ4n) is 1.98. The van der Waals surface area contributed by atoms with E-state index in [2.05, 4.69) is 23.6 Å². The fraction of sp³-hybridized carbons (Fsp3) is 0.0714. The summed E-state index contributed by atoms with van der Waals surface area (Å²) in [4.78, 5) is 13.6. The number of benzene rings is 1. The zero-order valence-corrected chi connectivity index (χ0v) is 11.5. The van der Waals surface area contributed by atoms with Crippen LogP contribution in [0.15, 0.2) is 58.4 Å². The molecule has 0 amide bonds. The standard InChI is InChI=1S/C14H11NO2Se/c1-8-13(16)9(14(8)17)7-12-15(2)10-5-3-4-6-11(10)18-12/h3-7,16H,1H2,2H3/b12-7-. The molecule has 90 valence electrons. The van der Waals surface area contributed by atoms with E-state index in [9.17, 15) is 9.90 Å². The van der Waals surface area contributed by atoms with Gasteiger partial charge < -0.3 is 0 Å². The third kappa shape index (κ3) is 1.47. The number of hydrogen-bond donors (Lipinski definition) is 1. The summed E-state index contributed by atoms with van der Waals surface area (Å²) >= 11 is 0.176. The summed E-state index contributed by atoms with van der Waals surface area (Å²) < 4.78 is 2.37. The van der Waals surface area contributed by atoms with Crippen molar-refractivity contribution < 1.29 is 9.90 Å². The second kappa shape index (κ2) is 3.87. The van der Waals surface area contributed by atoms with E-state index < -0.39 is 0 Å². The van der Waals surface area contributed by atoms with Crippen molar-refractivity contribution in [1.29, 1.82) is 0 Å². The second-order valence-corrected chi connectivity index (χ2v) is 6.41. The van der Waals surface area contributed by atoms with Gasteiger partial charge in [-0.15, -0.1) is 0 Å². The summed E-state index contributed by atoms with van der Waals surface area (Å²) in [5.74, 6) is -0.118. The van der Waals surface area contributed by atoms with Crippen LogP contribution in [0.1, 0.15) is 0 Å². The average molecular weight is 304 g/mol. The van der Waals surface area contributed by atoms with Crippen LogP contribution in [-0.4, -0.2) is 32.9 Å². The molecule has 0 spiro atoms. The van der Waals surface area contributed by atoms with E-state index in [1.165, 1.54) is 10.1 Å². The quantitative estimate of drug-likeness (QED) is 0.627.